The third-order valence-corrected chi connectivity index (χ3v) is 10.4. The molecule has 314 valence electrons. The van der Waals surface area contributed by atoms with Crippen LogP contribution in [-0.2, 0) is 32.7 Å². The summed E-state index contributed by atoms with van der Waals surface area (Å²) in [7, 11) is -4.61. The van der Waals surface area contributed by atoms with Crippen molar-refractivity contribution in [3.05, 3.63) is 12.2 Å². The molecule has 0 aromatic carbocycles. The Morgan fingerprint density at radius 2 is 0.943 bits per heavy atom. The summed E-state index contributed by atoms with van der Waals surface area (Å²) in [5.74, 6) is -0.926. The van der Waals surface area contributed by atoms with Crippen LogP contribution in [0.3, 0.4) is 0 Å². The summed E-state index contributed by atoms with van der Waals surface area (Å²) in [5.41, 5.74) is 0. The maximum absolute atomic E-state index is 12.5. The predicted octanol–water partition coefficient (Wildman–Crippen LogP) is 11.2. The van der Waals surface area contributed by atoms with Crippen LogP contribution < -0.4 is 0 Å². The van der Waals surface area contributed by atoms with Crippen LogP contribution in [0.4, 0.5) is 0 Å². The maximum atomic E-state index is 12.5. The van der Waals surface area contributed by atoms with Crippen LogP contribution in [0.15, 0.2) is 12.2 Å². The average Bonchev–Trinajstić information content (AvgIpc) is 3.14. The fourth-order valence-electron chi connectivity index (χ4n) is 6.03. The van der Waals surface area contributed by atoms with E-state index in [1.54, 1.807) is 0 Å². The van der Waals surface area contributed by atoms with E-state index in [1.807, 2.05) is 0 Å². The van der Waals surface area contributed by atoms with E-state index in [9.17, 15) is 24.2 Å². The molecule has 10 nitrogen and oxygen atoms in total. The molecule has 0 radical (unpaired) electrons. The topological polar surface area (TPSA) is 149 Å². The molecule has 0 rings (SSSR count). The highest BCUT2D eigenvalue weighted by molar-refractivity contribution is 7.47. The Morgan fingerprint density at radius 3 is 1.42 bits per heavy atom. The molecular formula is C42H81O10P. The summed E-state index contributed by atoms with van der Waals surface area (Å²) in [6.45, 7) is 2.35. The van der Waals surface area contributed by atoms with Crippen LogP contribution in [0.5, 0.6) is 0 Å². The fourth-order valence-corrected chi connectivity index (χ4v) is 6.82. The van der Waals surface area contributed by atoms with Gasteiger partial charge in [0.25, 0.3) is 0 Å². The zero-order chi connectivity index (χ0) is 39.1. The number of unbranched alkanes of at least 4 members (excludes halogenated alkanes) is 25. The first-order chi connectivity index (χ1) is 25.7. The molecule has 0 aliphatic rings. The van der Waals surface area contributed by atoms with Crippen LogP contribution in [0.25, 0.3) is 0 Å². The number of aliphatic hydroxyl groups is 2. The molecule has 0 bridgehead atoms. The minimum absolute atomic E-state index is 0.177. The molecule has 0 aliphatic heterocycles. The first kappa shape index (κ1) is 51.7. The van der Waals surface area contributed by atoms with Crippen molar-refractivity contribution in [3.63, 3.8) is 0 Å². The molecule has 0 saturated heterocycles. The van der Waals surface area contributed by atoms with E-state index >= 15 is 0 Å². The number of hydrogen-bond acceptors (Lipinski definition) is 9. The Morgan fingerprint density at radius 1 is 0.547 bits per heavy atom. The van der Waals surface area contributed by atoms with Crippen molar-refractivity contribution >= 4 is 19.8 Å². The highest BCUT2D eigenvalue weighted by Crippen LogP contribution is 2.43. The number of allylic oxidation sites excluding steroid dienone is 2. The summed E-state index contributed by atoms with van der Waals surface area (Å²) in [5, 5.41) is 18.3. The highest BCUT2D eigenvalue weighted by Gasteiger charge is 2.27. The third kappa shape index (κ3) is 38.8. The Balaban J connectivity index is 4.19. The molecule has 0 amide bonds. The smallest absolute Gasteiger partial charge is 0.462 e. The van der Waals surface area contributed by atoms with Gasteiger partial charge in [0.15, 0.2) is 6.10 Å². The molecule has 0 spiro atoms. The molecule has 0 fully saturated rings. The highest BCUT2D eigenvalue weighted by atomic mass is 31.2. The lowest BCUT2D eigenvalue weighted by atomic mass is 10.0. The summed E-state index contributed by atoms with van der Waals surface area (Å²) in [6.07, 6.45) is 36.1. The van der Waals surface area contributed by atoms with Gasteiger partial charge in [0.1, 0.15) is 12.7 Å². The van der Waals surface area contributed by atoms with Crippen LogP contribution in [0.2, 0.25) is 0 Å². The summed E-state index contributed by atoms with van der Waals surface area (Å²) < 4.78 is 32.6. The van der Waals surface area contributed by atoms with Gasteiger partial charge in [0.05, 0.1) is 19.8 Å². The second-order valence-corrected chi connectivity index (χ2v) is 16.2. The van der Waals surface area contributed by atoms with Gasteiger partial charge < -0.3 is 24.6 Å². The number of rotatable bonds is 41. The van der Waals surface area contributed by atoms with E-state index in [2.05, 4.69) is 30.5 Å². The molecule has 0 heterocycles. The van der Waals surface area contributed by atoms with Crippen molar-refractivity contribution in [1.82, 2.24) is 0 Å². The maximum Gasteiger partial charge on any atom is 0.472 e. The van der Waals surface area contributed by atoms with Gasteiger partial charge in [-0.05, 0) is 32.1 Å². The molecule has 3 atom stereocenters. The Labute approximate surface area is 324 Å². The summed E-state index contributed by atoms with van der Waals surface area (Å²) in [4.78, 5) is 34.9. The van der Waals surface area contributed by atoms with Crippen LogP contribution in [0.1, 0.15) is 206 Å². The van der Waals surface area contributed by atoms with Gasteiger partial charge in [-0.3, -0.25) is 18.6 Å². The number of aliphatic hydroxyl groups excluding tert-OH is 2. The number of esters is 2. The largest absolute Gasteiger partial charge is 0.472 e. The van der Waals surface area contributed by atoms with Gasteiger partial charge in [-0.1, -0.05) is 174 Å². The molecular weight excluding hydrogens is 695 g/mol. The van der Waals surface area contributed by atoms with Crippen molar-refractivity contribution in [2.75, 3.05) is 26.4 Å². The number of ether oxygens (including phenoxy) is 2. The number of phosphoric acid groups is 1. The van der Waals surface area contributed by atoms with Crippen molar-refractivity contribution < 1.29 is 47.8 Å². The van der Waals surface area contributed by atoms with E-state index in [-0.39, 0.29) is 19.4 Å². The van der Waals surface area contributed by atoms with Crippen LogP contribution in [-0.4, -0.2) is 65.7 Å². The zero-order valence-electron chi connectivity index (χ0n) is 34.0. The second kappa shape index (κ2) is 39.0. The first-order valence-corrected chi connectivity index (χ1v) is 23.1. The number of phosphoric ester groups is 1. The average molecular weight is 777 g/mol. The minimum Gasteiger partial charge on any atom is -0.462 e. The number of carbonyl (C=O) groups excluding carboxylic acids is 2. The normalized spacial score (nSPS) is 14.0. The fraction of sp³-hybridized carbons (Fsp3) is 0.905. The molecule has 0 saturated carbocycles. The first-order valence-electron chi connectivity index (χ1n) is 21.6. The molecule has 1 unspecified atom stereocenters. The quantitative estimate of drug-likeness (QED) is 0.0237. The van der Waals surface area contributed by atoms with E-state index in [0.29, 0.717) is 12.8 Å². The second-order valence-electron chi connectivity index (χ2n) is 14.7. The lowest BCUT2D eigenvalue weighted by Crippen LogP contribution is -2.29. The van der Waals surface area contributed by atoms with Crippen molar-refractivity contribution in [2.45, 2.75) is 219 Å². The van der Waals surface area contributed by atoms with Gasteiger partial charge >= 0.3 is 19.8 Å². The molecule has 11 heteroatoms. The summed E-state index contributed by atoms with van der Waals surface area (Å²) >= 11 is 0. The third-order valence-electron chi connectivity index (χ3n) is 9.42. The Bertz CT molecular complexity index is 899. The van der Waals surface area contributed by atoms with E-state index in [4.69, 9.17) is 19.1 Å². The van der Waals surface area contributed by atoms with Gasteiger partial charge in [-0.15, -0.1) is 0 Å². The Hall–Kier alpha value is -1.29. The standard InChI is InChI=1S/C42H81O10P/c1-3-5-7-9-11-13-15-16-17-18-19-20-21-22-24-25-27-29-31-33-41(45)49-37-40(38-51-53(47,48)50-36-39(44)35-43)52-42(46)34-32-30-28-26-23-14-12-10-8-6-4-2/h10,12,39-40,43-44H,3-9,11,13-38H2,1-2H3,(H,47,48)/b12-10+/t39-,40+/m1/s1. The number of hydrogen-bond donors (Lipinski definition) is 3. The zero-order valence-corrected chi connectivity index (χ0v) is 34.9. The molecule has 53 heavy (non-hydrogen) atoms. The van der Waals surface area contributed by atoms with Gasteiger partial charge in [0.2, 0.25) is 0 Å². The van der Waals surface area contributed by atoms with Crippen molar-refractivity contribution in [2.24, 2.45) is 0 Å². The van der Waals surface area contributed by atoms with Crippen LogP contribution in [0, 0.1) is 0 Å². The van der Waals surface area contributed by atoms with E-state index < -0.39 is 51.8 Å². The van der Waals surface area contributed by atoms with Crippen LogP contribution >= 0.6 is 7.82 Å². The minimum atomic E-state index is -4.61. The molecule has 0 aliphatic carbocycles. The monoisotopic (exact) mass is 777 g/mol. The molecule has 0 aromatic heterocycles. The molecule has 3 N–H and O–H groups in total. The number of carbonyl (C=O) groups is 2. The Kier molecular flexibility index (Phi) is 38.0. The lowest BCUT2D eigenvalue weighted by Gasteiger charge is -2.20. The van der Waals surface area contributed by atoms with Gasteiger partial charge in [-0.25, -0.2) is 4.57 Å². The van der Waals surface area contributed by atoms with Crippen molar-refractivity contribution in [3.8, 4) is 0 Å². The van der Waals surface area contributed by atoms with Gasteiger partial charge in [-0.2, -0.15) is 0 Å². The van der Waals surface area contributed by atoms with E-state index in [0.717, 1.165) is 57.8 Å². The SMILES string of the molecule is CCCC/C=C/CCCCCCCC(=O)O[C@@H](COC(=O)CCCCCCCCCCCCCCCCCCCCC)COP(=O)(O)OC[C@H](O)CO. The predicted molar refractivity (Wildman–Crippen MR) is 215 cm³/mol. The molecule has 0 aromatic rings. The van der Waals surface area contributed by atoms with E-state index in [1.165, 1.54) is 109 Å². The lowest BCUT2D eigenvalue weighted by molar-refractivity contribution is -0.161. The van der Waals surface area contributed by atoms with Gasteiger partial charge in [0, 0.05) is 12.8 Å². The van der Waals surface area contributed by atoms with Crippen molar-refractivity contribution in [1.29, 1.82) is 0 Å². The summed E-state index contributed by atoms with van der Waals surface area (Å²) in [6, 6.07) is 0.